The number of nitrogens with one attached hydrogen (secondary N) is 2. The first kappa shape index (κ1) is 18.7. The third kappa shape index (κ3) is 3.54. The van der Waals surface area contributed by atoms with E-state index in [1.807, 2.05) is 36.3 Å². The lowest BCUT2D eigenvalue weighted by atomic mass is 10.1. The molecule has 2 fully saturated rings. The number of pyridine rings is 1. The van der Waals surface area contributed by atoms with Crippen molar-refractivity contribution in [3.8, 4) is 10.6 Å². The number of anilines is 2. The number of piperazine rings is 1. The number of rotatable bonds is 4. The first-order chi connectivity index (χ1) is 14.1. The Morgan fingerprint density at radius 3 is 2.66 bits per heavy atom. The zero-order valence-corrected chi connectivity index (χ0v) is 17.9. The summed E-state index contributed by atoms with van der Waals surface area (Å²) in [7, 11) is 0. The van der Waals surface area contributed by atoms with Crippen LogP contribution >= 0.6 is 22.7 Å². The Balaban J connectivity index is 1.29. The number of thiazole rings is 2. The number of hydrogen-bond donors (Lipinski definition) is 2. The van der Waals surface area contributed by atoms with E-state index in [1.165, 1.54) is 11.3 Å². The summed E-state index contributed by atoms with van der Waals surface area (Å²) in [5.74, 6) is 0.772. The molecular formula is C20H22N6OS2. The third-order valence-corrected chi connectivity index (χ3v) is 7.35. The van der Waals surface area contributed by atoms with Gasteiger partial charge in [0, 0.05) is 36.8 Å². The van der Waals surface area contributed by atoms with Crippen LogP contribution in [0.3, 0.4) is 0 Å². The summed E-state index contributed by atoms with van der Waals surface area (Å²) < 4.78 is 0. The monoisotopic (exact) mass is 426 g/mol. The van der Waals surface area contributed by atoms with Crippen molar-refractivity contribution in [3.63, 3.8) is 0 Å². The van der Waals surface area contributed by atoms with Crippen LogP contribution in [-0.2, 0) is 0 Å². The Labute approximate surface area is 177 Å². The minimum Gasteiger partial charge on any atom is -0.330 e. The normalized spacial score (nSPS) is 20.8. The lowest BCUT2D eigenvalue weighted by Crippen LogP contribution is -2.54. The van der Waals surface area contributed by atoms with E-state index in [2.05, 4.69) is 25.6 Å². The fourth-order valence-electron chi connectivity index (χ4n) is 4.17. The van der Waals surface area contributed by atoms with Crippen molar-refractivity contribution in [1.82, 2.24) is 25.2 Å². The van der Waals surface area contributed by atoms with Crippen LogP contribution in [0.4, 0.5) is 10.9 Å². The summed E-state index contributed by atoms with van der Waals surface area (Å²) in [6.07, 6.45) is 3.83. The smallest absolute Gasteiger partial charge is 0.256 e. The predicted octanol–water partition coefficient (Wildman–Crippen LogP) is 3.60. The number of nitrogens with zero attached hydrogens (tertiary/aromatic N) is 4. The van der Waals surface area contributed by atoms with E-state index in [1.54, 1.807) is 17.5 Å². The van der Waals surface area contributed by atoms with Crippen LogP contribution in [0.5, 0.6) is 0 Å². The molecule has 2 unspecified atom stereocenters. The van der Waals surface area contributed by atoms with Crippen LogP contribution in [0, 0.1) is 13.8 Å². The van der Waals surface area contributed by atoms with Crippen LogP contribution in [0.1, 0.15) is 33.9 Å². The van der Waals surface area contributed by atoms with Gasteiger partial charge in [0.2, 0.25) is 0 Å². The molecule has 0 saturated carbocycles. The summed E-state index contributed by atoms with van der Waals surface area (Å²) in [6.45, 7) is 5.79. The SMILES string of the molecule is Cc1nc(C)c(-c2csc(Nc3ccc(C(=O)N4C5CCC4CNC5)cn3)n2)s1. The highest BCUT2D eigenvalue weighted by molar-refractivity contribution is 7.16. The molecule has 0 aliphatic carbocycles. The molecule has 2 bridgehead atoms. The van der Waals surface area contributed by atoms with Gasteiger partial charge in [-0.05, 0) is 38.8 Å². The maximum atomic E-state index is 12.9. The number of carbonyl (C=O) groups is 1. The molecule has 2 atom stereocenters. The Kier molecular flexibility index (Phi) is 4.81. The Morgan fingerprint density at radius 2 is 2.00 bits per heavy atom. The maximum absolute atomic E-state index is 12.9. The number of hydrogen-bond acceptors (Lipinski definition) is 8. The average Bonchev–Trinajstić information content (AvgIpc) is 3.37. The number of amides is 1. The molecule has 2 aliphatic heterocycles. The molecule has 2 aliphatic rings. The van der Waals surface area contributed by atoms with E-state index >= 15 is 0 Å². The molecule has 2 saturated heterocycles. The van der Waals surface area contributed by atoms with Gasteiger partial charge < -0.3 is 15.5 Å². The van der Waals surface area contributed by atoms with Crippen molar-refractivity contribution in [2.24, 2.45) is 0 Å². The highest BCUT2D eigenvalue weighted by Gasteiger charge is 2.39. The van der Waals surface area contributed by atoms with Crippen molar-refractivity contribution in [3.05, 3.63) is 40.0 Å². The Bertz CT molecular complexity index is 1030. The summed E-state index contributed by atoms with van der Waals surface area (Å²) in [5.41, 5.74) is 2.58. The summed E-state index contributed by atoms with van der Waals surface area (Å²) in [4.78, 5) is 29.7. The second kappa shape index (κ2) is 7.47. The number of carbonyl (C=O) groups excluding carboxylic acids is 1. The standard InChI is InChI=1S/C20H22N6OS2/c1-11-18(29-12(2)23-11)16-10-28-20(24-16)25-17-6-3-13(7-22-17)19(27)26-14-4-5-15(26)9-21-8-14/h3,6-7,10,14-15,21H,4-5,8-9H2,1-2H3,(H,22,24,25). The van der Waals surface area contributed by atoms with Crippen molar-refractivity contribution < 1.29 is 4.79 Å². The van der Waals surface area contributed by atoms with Crippen LogP contribution < -0.4 is 10.6 Å². The molecule has 2 N–H and O–H groups in total. The summed E-state index contributed by atoms with van der Waals surface area (Å²) in [5, 5.41) is 10.5. The second-order valence-corrected chi connectivity index (χ2v) is 9.56. The first-order valence-electron chi connectivity index (χ1n) is 9.75. The topological polar surface area (TPSA) is 83.0 Å². The summed E-state index contributed by atoms with van der Waals surface area (Å²) in [6, 6.07) is 4.32. The Hall–Kier alpha value is -2.36. The van der Waals surface area contributed by atoms with Gasteiger partial charge in [-0.25, -0.2) is 15.0 Å². The van der Waals surface area contributed by atoms with Gasteiger partial charge in [-0.2, -0.15) is 0 Å². The molecule has 7 nitrogen and oxygen atoms in total. The van der Waals surface area contributed by atoms with E-state index in [9.17, 15) is 4.79 Å². The van der Waals surface area contributed by atoms with Gasteiger partial charge in [0.1, 0.15) is 5.82 Å². The first-order valence-corrected chi connectivity index (χ1v) is 11.4. The largest absolute Gasteiger partial charge is 0.330 e. The average molecular weight is 427 g/mol. The minimum atomic E-state index is 0.0885. The number of aryl methyl sites for hydroxylation is 2. The highest BCUT2D eigenvalue weighted by Crippen LogP contribution is 2.33. The minimum absolute atomic E-state index is 0.0885. The van der Waals surface area contributed by atoms with Crippen molar-refractivity contribution in [2.45, 2.75) is 38.8 Å². The third-order valence-electron chi connectivity index (χ3n) is 5.50. The van der Waals surface area contributed by atoms with Crippen LogP contribution in [0.15, 0.2) is 23.7 Å². The van der Waals surface area contributed by atoms with Gasteiger partial charge in [-0.15, -0.1) is 22.7 Å². The fourth-order valence-corrected chi connectivity index (χ4v) is 5.83. The van der Waals surface area contributed by atoms with E-state index in [0.717, 1.165) is 52.3 Å². The van der Waals surface area contributed by atoms with E-state index in [4.69, 9.17) is 0 Å². The Morgan fingerprint density at radius 1 is 1.21 bits per heavy atom. The molecule has 1 amide bonds. The maximum Gasteiger partial charge on any atom is 0.256 e. The zero-order chi connectivity index (χ0) is 20.0. The van der Waals surface area contributed by atoms with Gasteiger partial charge >= 0.3 is 0 Å². The van der Waals surface area contributed by atoms with E-state index in [-0.39, 0.29) is 5.91 Å². The molecule has 5 heterocycles. The van der Waals surface area contributed by atoms with Crippen LogP contribution in [-0.4, -0.2) is 50.9 Å². The summed E-state index contributed by atoms with van der Waals surface area (Å²) >= 11 is 3.19. The molecular weight excluding hydrogens is 404 g/mol. The molecule has 5 rings (SSSR count). The lowest BCUT2D eigenvalue weighted by molar-refractivity contribution is 0.0619. The lowest BCUT2D eigenvalue weighted by Gasteiger charge is -2.35. The van der Waals surface area contributed by atoms with Crippen molar-refractivity contribution >= 4 is 39.5 Å². The number of fused-ring (bicyclic) bond motifs is 2. The molecule has 0 spiro atoms. The van der Waals surface area contributed by atoms with Gasteiger partial charge in [0.25, 0.3) is 5.91 Å². The molecule has 3 aromatic heterocycles. The van der Waals surface area contributed by atoms with Gasteiger partial charge in [-0.1, -0.05) is 0 Å². The fraction of sp³-hybridized carbons (Fsp3) is 0.400. The van der Waals surface area contributed by atoms with Gasteiger partial charge in [0.15, 0.2) is 5.13 Å². The van der Waals surface area contributed by atoms with Crippen LogP contribution in [0.25, 0.3) is 10.6 Å². The highest BCUT2D eigenvalue weighted by atomic mass is 32.1. The molecule has 150 valence electrons. The predicted molar refractivity (Wildman–Crippen MR) is 116 cm³/mol. The zero-order valence-electron chi connectivity index (χ0n) is 16.3. The molecule has 0 aromatic carbocycles. The van der Waals surface area contributed by atoms with Gasteiger partial charge in [-0.3, -0.25) is 4.79 Å². The van der Waals surface area contributed by atoms with Gasteiger partial charge in [0.05, 0.1) is 26.8 Å². The molecule has 29 heavy (non-hydrogen) atoms. The second-order valence-electron chi connectivity index (χ2n) is 7.50. The van der Waals surface area contributed by atoms with E-state index < -0.39 is 0 Å². The molecule has 0 radical (unpaired) electrons. The van der Waals surface area contributed by atoms with Crippen molar-refractivity contribution in [1.29, 1.82) is 0 Å². The number of aromatic nitrogens is 3. The molecule has 3 aromatic rings. The quantitative estimate of drug-likeness (QED) is 0.663. The molecule has 9 heteroatoms. The van der Waals surface area contributed by atoms with E-state index in [0.29, 0.717) is 23.5 Å². The van der Waals surface area contributed by atoms with Crippen molar-refractivity contribution in [2.75, 3.05) is 18.4 Å². The van der Waals surface area contributed by atoms with Crippen LogP contribution in [0.2, 0.25) is 0 Å².